The van der Waals surface area contributed by atoms with Crippen LogP contribution in [0.25, 0.3) is 0 Å². The van der Waals surface area contributed by atoms with Gasteiger partial charge in [-0.05, 0) is 27.6 Å². The van der Waals surface area contributed by atoms with Crippen LogP contribution in [0.15, 0.2) is 46.3 Å². The van der Waals surface area contributed by atoms with Gasteiger partial charge in [0.2, 0.25) is 0 Å². The zero-order valence-corrected chi connectivity index (χ0v) is 10.6. The van der Waals surface area contributed by atoms with E-state index in [0.717, 1.165) is 4.47 Å². The molecule has 2 rings (SSSR count). The maximum atomic E-state index is 5.61. The minimum Gasteiger partial charge on any atom is -0.371 e. The Hall–Kier alpha value is -0.640. The van der Waals surface area contributed by atoms with Crippen LogP contribution in [0.2, 0.25) is 0 Å². The van der Waals surface area contributed by atoms with E-state index in [1.165, 1.54) is 10.4 Å². The van der Waals surface area contributed by atoms with Gasteiger partial charge < -0.3 is 4.74 Å². The Kier molecular flexibility index (Phi) is 3.94. The average Bonchev–Trinajstić information content (AvgIpc) is 2.66. The molecule has 1 heterocycles. The van der Waals surface area contributed by atoms with Crippen molar-refractivity contribution in [3.8, 4) is 0 Å². The lowest BCUT2D eigenvalue weighted by atomic mass is 10.2. The van der Waals surface area contributed by atoms with Gasteiger partial charge in [0.05, 0.1) is 13.2 Å². The number of benzene rings is 1. The van der Waals surface area contributed by atoms with Crippen LogP contribution in [0, 0.1) is 0 Å². The maximum Gasteiger partial charge on any atom is 0.0814 e. The van der Waals surface area contributed by atoms with Crippen molar-refractivity contribution in [3.63, 3.8) is 0 Å². The van der Waals surface area contributed by atoms with Gasteiger partial charge in [0.25, 0.3) is 0 Å². The zero-order chi connectivity index (χ0) is 10.5. The summed E-state index contributed by atoms with van der Waals surface area (Å²) in [5.74, 6) is 0. The predicted octanol–water partition coefficient (Wildman–Crippen LogP) is 4.23. The Morgan fingerprint density at radius 2 is 1.93 bits per heavy atom. The second-order valence-corrected chi connectivity index (χ2v) is 5.12. The second-order valence-electron chi connectivity index (χ2n) is 3.21. The fourth-order valence-electron chi connectivity index (χ4n) is 1.27. The second kappa shape index (κ2) is 5.45. The zero-order valence-electron chi connectivity index (χ0n) is 8.15. The molecule has 0 fully saturated rings. The van der Waals surface area contributed by atoms with Crippen LogP contribution in [0.5, 0.6) is 0 Å². The molecule has 0 aliphatic heterocycles. The van der Waals surface area contributed by atoms with Crippen LogP contribution in [0.1, 0.15) is 10.4 Å². The van der Waals surface area contributed by atoms with Crippen molar-refractivity contribution in [3.05, 3.63) is 56.7 Å². The Bertz CT molecular complexity index is 411. The van der Waals surface area contributed by atoms with E-state index in [9.17, 15) is 0 Å². The van der Waals surface area contributed by atoms with Crippen molar-refractivity contribution in [2.75, 3.05) is 0 Å². The van der Waals surface area contributed by atoms with Crippen LogP contribution in [0.4, 0.5) is 0 Å². The minimum atomic E-state index is 0.677. The van der Waals surface area contributed by atoms with Crippen molar-refractivity contribution in [2.24, 2.45) is 0 Å². The van der Waals surface area contributed by atoms with Gasteiger partial charge in [0, 0.05) is 14.7 Å². The first-order chi connectivity index (χ1) is 7.34. The molecule has 0 radical (unpaired) electrons. The lowest BCUT2D eigenvalue weighted by Gasteiger charge is -2.01. The molecule has 0 unspecified atom stereocenters. The first-order valence-electron chi connectivity index (χ1n) is 4.69. The molecule has 3 heteroatoms. The van der Waals surface area contributed by atoms with Crippen LogP contribution >= 0.6 is 27.3 Å². The molecule has 0 N–H and O–H groups in total. The molecule has 0 bridgehead atoms. The smallest absolute Gasteiger partial charge is 0.0814 e. The van der Waals surface area contributed by atoms with Gasteiger partial charge in [-0.1, -0.05) is 30.3 Å². The number of ether oxygens (including phenoxy) is 1. The molecular weight excluding hydrogens is 272 g/mol. The molecule has 0 amide bonds. The van der Waals surface area contributed by atoms with Crippen LogP contribution in [0.3, 0.4) is 0 Å². The molecule has 0 spiro atoms. The number of hydrogen-bond acceptors (Lipinski definition) is 2. The highest BCUT2D eigenvalue weighted by molar-refractivity contribution is 9.10. The quantitative estimate of drug-likeness (QED) is 0.816. The summed E-state index contributed by atoms with van der Waals surface area (Å²) in [4.78, 5) is 1.25. The standard InChI is InChI=1S/C12H11BrOS/c13-11-6-12(15-9-11)8-14-7-10-4-2-1-3-5-10/h1-6,9H,7-8H2. The lowest BCUT2D eigenvalue weighted by molar-refractivity contribution is 0.109. The molecule has 2 aromatic rings. The van der Waals surface area contributed by atoms with E-state index >= 15 is 0 Å². The monoisotopic (exact) mass is 282 g/mol. The highest BCUT2D eigenvalue weighted by Gasteiger charge is 1.97. The molecule has 0 saturated carbocycles. The molecule has 0 saturated heterocycles. The summed E-state index contributed by atoms with van der Waals surface area (Å²) in [5.41, 5.74) is 1.22. The summed E-state index contributed by atoms with van der Waals surface area (Å²) >= 11 is 5.14. The fourth-order valence-corrected chi connectivity index (χ4v) is 2.66. The highest BCUT2D eigenvalue weighted by Crippen LogP contribution is 2.20. The van der Waals surface area contributed by atoms with E-state index in [2.05, 4.69) is 39.5 Å². The summed E-state index contributed by atoms with van der Waals surface area (Å²) in [7, 11) is 0. The van der Waals surface area contributed by atoms with E-state index < -0.39 is 0 Å². The van der Waals surface area contributed by atoms with Crippen LogP contribution in [-0.2, 0) is 18.0 Å². The molecule has 1 aromatic carbocycles. The van der Waals surface area contributed by atoms with Crippen molar-refractivity contribution < 1.29 is 4.74 Å². The van der Waals surface area contributed by atoms with Gasteiger partial charge in [-0.3, -0.25) is 0 Å². The van der Waals surface area contributed by atoms with Gasteiger partial charge in [-0.15, -0.1) is 11.3 Å². The molecule has 15 heavy (non-hydrogen) atoms. The van der Waals surface area contributed by atoms with Crippen LogP contribution in [-0.4, -0.2) is 0 Å². The van der Waals surface area contributed by atoms with E-state index in [1.807, 2.05) is 18.2 Å². The normalized spacial score (nSPS) is 10.5. The topological polar surface area (TPSA) is 9.23 Å². The Labute approximate surface area is 102 Å². The molecule has 1 aromatic heterocycles. The summed E-state index contributed by atoms with van der Waals surface area (Å²) in [5, 5.41) is 2.07. The third kappa shape index (κ3) is 3.45. The van der Waals surface area contributed by atoms with Gasteiger partial charge in [0.1, 0.15) is 0 Å². The third-order valence-electron chi connectivity index (χ3n) is 1.98. The first-order valence-corrected chi connectivity index (χ1v) is 6.36. The molecule has 78 valence electrons. The predicted molar refractivity (Wildman–Crippen MR) is 67.0 cm³/mol. The molecular formula is C12H11BrOS. The number of thiophene rings is 1. The molecule has 0 aliphatic carbocycles. The van der Waals surface area contributed by atoms with Gasteiger partial charge in [-0.25, -0.2) is 0 Å². The summed E-state index contributed by atoms with van der Waals surface area (Å²) < 4.78 is 6.74. The Morgan fingerprint density at radius 1 is 1.13 bits per heavy atom. The molecule has 0 atom stereocenters. The largest absolute Gasteiger partial charge is 0.371 e. The SMILES string of the molecule is Brc1csc(COCc2ccccc2)c1. The van der Waals surface area contributed by atoms with E-state index in [0.29, 0.717) is 13.2 Å². The minimum absolute atomic E-state index is 0.677. The lowest BCUT2D eigenvalue weighted by Crippen LogP contribution is -1.91. The Balaban J connectivity index is 1.80. The van der Waals surface area contributed by atoms with Crippen molar-refractivity contribution >= 4 is 27.3 Å². The van der Waals surface area contributed by atoms with Crippen molar-refractivity contribution in [2.45, 2.75) is 13.2 Å². The maximum absolute atomic E-state index is 5.61. The van der Waals surface area contributed by atoms with Gasteiger partial charge in [-0.2, -0.15) is 0 Å². The first kappa shape index (κ1) is 10.9. The van der Waals surface area contributed by atoms with Crippen LogP contribution < -0.4 is 0 Å². The summed E-state index contributed by atoms with van der Waals surface area (Å²) in [6.45, 7) is 1.36. The fraction of sp³-hybridized carbons (Fsp3) is 0.167. The van der Waals surface area contributed by atoms with Crippen molar-refractivity contribution in [1.29, 1.82) is 0 Å². The Morgan fingerprint density at radius 3 is 2.60 bits per heavy atom. The number of rotatable bonds is 4. The average molecular weight is 283 g/mol. The van der Waals surface area contributed by atoms with E-state index in [1.54, 1.807) is 11.3 Å². The number of hydrogen-bond donors (Lipinski definition) is 0. The van der Waals surface area contributed by atoms with Gasteiger partial charge >= 0.3 is 0 Å². The van der Waals surface area contributed by atoms with Crippen molar-refractivity contribution in [1.82, 2.24) is 0 Å². The third-order valence-corrected chi connectivity index (χ3v) is 3.65. The summed E-state index contributed by atoms with van der Waals surface area (Å²) in [6.07, 6.45) is 0. The summed E-state index contributed by atoms with van der Waals surface area (Å²) in [6, 6.07) is 12.3. The van der Waals surface area contributed by atoms with Gasteiger partial charge in [0.15, 0.2) is 0 Å². The van der Waals surface area contributed by atoms with E-state index in [-0.39, 0.29) is 0 Å². The number of halogens is 1. The molecule has 0 aliphatic rings. The molecule has 1 nitrogen and oxygen atoms in total. The highest BCUT2D eigenvalue weighted by atomic mass is 79.9. The van der Waals surface area contributed by atoms with E-state index in [4.69, 9.17) is 4.74 Å².